The van der Waals surface area contributed by atoms with Crippen molar-refractivity contribution in [3.8, 4) is 5.75 Å². The van der Waals surface area contributed by atoms with Crippen LogP contribution in [-0.4, -0.2) is 35.6 Å². The fourth-order valence-electron chi connectivity index (χ4n) is 1.14. The van der Waals surface area contributed by atoms with Gasteiger partial charge in [-0.25, -0.2) is 4.79 Å². The molecule has 0 aromatic carbocycles. The third-order valence-corrected chi connectivity index (χ3v) is 1.99. The lowest BCUT2D eigenvalue weighted by Gasteiger charge is -2.03. The van der Waals surface area contributed by atoms with Gasteiger partial charge in [0.2, 0.25) is 0 Å². The Bertz CT molecular complexity index is 481. The highest BCUT2D eigenvalue weighted by atomic mass is 16.5. The fourth-order valence-corrected chi connectivity index (χ4v) is 1.14. The second-order valence-electron chi connectivity index (χ2n) is 3.23. The summed E-state index contributed by atoms with van der Waals surface area (Å²) in [5, 5.41) is 9.66. The van der Waals surface area contributed by atoms with Crippen molar-refractivity contribution in [2.75, 3.05) is 13.7 Å². The van der Waals surface area contributed by atoms with E-state index in [1.165, 1.54) is 25.6 Å². The van der Waals surface area contributed by atoms with E-state index in [0.717, 1.165) is 6.08 Å². The first-order chi connectivity index (χ1) is 8.58. The molecule has 1 N–H and O–H groups in total. The molecule has 0 spiro atoms. The van der Waals surface area contributed by atoms with E-state index in [1.54, 1.807) is 6.92 Å². The molecule has 0 aliphatic heterocycles. The van der Waals surface area contributed by atoms with Gasteiger partial charge in [-0.05, 0) is 13.0 Å². The minimum Gasteiger partial charge on any atom is -0.507 e. The number of ether oxygens (including phenoxy) is 2. The number of ketones is 1. The van der Waals surface area contributed by atoms with Gasteiger partial charge >= 0.3 is 5.97 Å². The Balaban J connectivity index is 2.88. The maximum absolute atomic E-state index is 11.3. The van der Waals surface area contributed by atoms with Gasteiger partial charge in [-0.15, -0.1) is 0 Å². The van der Waals surface area contributed by atoms with Gasteiger partial charge < -0.3 is 14.6 Å². The molecule has 1 aromatic rings. The fraction of sp³-hybridized carbons (Fsp3) is 0.250. The SMILES string of the molecule is CCOC(=O)C(=O)C=C(O)c1cncc(OC)c1. The topological polar surface area (TPSA) is 85.7 Å². The lowest BCUT2D eigenvalue weighted by atomic mass is 10.2. The Labute approximate surface area is 104 Å². The molecule has 6 heteroatoms. The molecule has 0 amide bonds. The molecular formula is C12H13NO5. The molecule has 0 fully saturated rings. The molecule has 1 heterocycles. The van der Waals surface area contributed by atoms with Crippen molar-refractivity contribution in [2.45, 2.75) is 6.92 Å². The predicted molar refractivity (Wildman–Crippen MR) is 63.0 cm³/mol. The van der Waals surface area contributed by atoms with Gasteiger partial charge in [0.15, 0.2) is 0 Å². The molecule has 0 atom stereocenters. The zero-order chi connectivity index (χ0) is 13.5. The summed E-state index contributed by atoms with van der Waals surface area (Å²) in [4.78, 5) is 26.2. The van der Waals surface area contributed by atoms with Crippen molar-refractivity contribution in [3.63, 3.8) is 0 Å². The monoisotopic (exact) mass is 251 g/mol. The molecule has 0 unspecified atom stereocenters. The number of aromatic nitrogens is 1. The number of nitrogens with zero attached hydrogens (tertiary/aromatic N) is 1. The number of carbonyl (C=O) groups is 2. The summed E-state index contributed by atoms with van der Waals surface area (Å²) in [6.07, 6.45) is 3.57. The van der Waals surface area contributed by atoms with Crippen LogP contribution >= 0.6 is 0 Å². The van der Waals surface area contributed by atoms with E-state index in [9.17, 15) is 14.7 Å². The van der Waals surface area contributed by atoms with E-state index in [2.05, 4.69) is 9.72 Å². The number of carbonyl (C=O) groups excluding carboxylic acids is 2. The number of pyridine rings is 1. The van der Waals surface area contributed by atoms with E-state index in [0.29, 0.717) is 5.75 Å². The Morgan fingerprint density at radius 2 is 2.17 bits per heavy atom. The molecule has 18 heavy (non-hydrogen) atoms. The van der Waals surface area contributed by atoms with Gasteiger partial charge in [-0.1, -0.05) is 0 Å². The zero-order valence-electron chi connectivity index (χ0n) is 10.0. The standard InChI is InChI=1S/C12H13NO5/c1-3-18-12(16)11(15)5-10(14)8-4-9(17-2)7-13-6-8/h4-7,14H,3H2,1-2H3. The molecule has 0 radical (unpaired) electrons. The van der Waals surface area contributed by atoms with Crippen LogP contribution in [0.5, 0.6) is 5.75 Å². The summed E-state index contributed by atoms with van der Waals surface area (Å²) >= 11 is 0. The normalized spacial score (nSPS) is 10.9. The first kappa shape index (κ1) is 13.7. The van der Waals surface area contributed by atoms with E-state index >= 15 is 0 Å². The van der Waals surface area contributed by atoms with Crippen molar-refractivity contribution >= 4 is 17.5 Å². The van der Waals surface area contributed by atoms with Crippen LogP contribution in [0, 0.1) is 0 Å². The Morgan fingerprint density at radius 3 is 2.78 bits per heavy atom. The molecule has 1 rings (SSSR count). The first-order valence-electron chi connectivity index (χ1n) is 5.19. The molecule has 0 saturated heterocycles. The largest absolute Gasteiger partial charge is 0.507 e. The summed E-state index contributed by atoms with van der Waals surface area (Å²) in [6.45, 7) is 1.68. The third-order valence-electron chi connectivity index (χ3n) is 1.99. The maximum Gasteiger partial charge on any atom is 0.379 e. The first-order valence-corrected chi connectivity index (χ1v) is 5.19. The van der Waals surface area contributed by atoms with Gasteiger partial charge in [0.25, 0.3) is 5.78 Å². The number of hydrogen-bond donors (Lipinski definition) is 1. The molecule has 1 aromatic heterocycles. The highest BCUT2D eigenvalue weighted by molar-refractivity contribution is 6.39. The van der Waals surface area contributed by atoms with Crippen LogP contribution in [0.3, 0.4) is 0 Å². The van der Waals surface area contributed by atoms with Gasteiger partial charge in [0.05, 0.1) is 19.9 Å². The minimum absolute atomic E-state index is 0.0971. The quantitative estimate of drug-likeness (QED) is 0.365. The number of methoxy groups -OCH3 is 1. The highest BCUT2D eigenvalue weighted by Gasteiger charge is 2.14. The average Bonchev–Trinajstić information content (AvgIpc) is 2.39. The summed E-state index contributed by atoms with van der Waals surface area (Å²) in [5.74, 6) is -1.90. The van der Waals surface area contributed by atoms with Crippen molar-refractivity contribution in [2.24, 2.45) is 0 Å². The second kappa shape index (κ2) is 6.39. The number of aliphatic hydroxyl groups is 1. The molecule has 0 aliphatic rings. The van der Waals surface area contributed by atoms with E-state index in [1.807, 2.05) is 0 Å². The number of esters is 1. The Kier molecular flexibility index (Phi) is 4.86. The molecule has 96 valence electrons. The van der Waals surface area contributed by atoms with Crippen LogP contribution in [0.25, 0.3) is 5.76 Å². The number of rotatable bonds is 5. The molecule has 0 saturated carbocycles. The van der Waals surface area contributed by atoms with Gasteiger partial charge in [0, 0.05) is 17.8 Å². The smallest absolute Gasteiger partial charge is 0.379 e. The molecule has 6 nitrogen and oxygen atoms in total. The van der Waals surface area contributed by atoms with Crippen LogP contribution in [0.15, 0.2) is 24.5 Å². The van der Waals surface area contributed by atoms with Crippen LogP contribution in [0.1, 0.15) is 12.5 Å². The van der Waals surface area contributed by atoms with Crippen LogP contribution < -0.4 is 4.74 Å². The highest BCUT2D eigenvalue weighted by Crippen LogP contribution is 2.16. The summed E-state index contributed by atoms with van der Waals surface area (Å²) in [5.41, 5.74) is 0.270. The van der Waals surface area contributed by atoms with Crippen LogP contribution in [0.2, 0.25) is 0 Å². The van der Waals surface area contributed by atoms with Crippen molar-refractivity contribution in [3.05, 3.63) is 30.1 Å². The molecule has 0 aliphatic carbocycles. The number of hydrogen-bond acceptors (Lipinski definition) is 6. The van der Waals surface area contributed by atoms with Crippen molar-refractivity contribution in [1.29, 1.82) is 0 Å². The number of aliphatic hydroxyl groups excluding tert-OH is 1. The van der Waals surface area contributed by atoms with Crippen molar-refractivity contribution in [1.82, 2.24) is 4.98 Å². The predicted octanol–water partition coefficient (Wildman–Crippen LogP) is 1.12. The van der Waals surface area contributed by atoms with Crippen LogP contribution in [-0.2, 0) is 14.3 Å². The Morgan fingerprint density at radius 1 is 1.44 bits per heavy atom. The third kappa shape index (κ3) is 3.58. The van der Waals surface area contributed by atoms with Gasteiger partial charge in [-0.2, -0.15) is 0 Å². The zero-order valence-corrected chi connectivity index (χ0v) is 10.0. The lowest BCUT2D eigenvalue weighted by Crippen LogP contribution is -2.15. The molecule has 0 bridgehead atoms. The Hall–Kier alpha value is -2.37. The summed E-state index contributed by atoms with van der Waals surface area (Å²) in [6, 6.07) is 1.48. The average molecular weight is 251 g/mol. The van der Waals surface area contributed by atoms with Crippen molar-refractivity contribution < 1.29 is 24.2 Å². The maximum atomic E-state index is 11.3. The summed E-state index contributed by atoms with van der Waals surface area (Å²) < 4.78 is 9.42. The van der Waals surface area contributed by atoms with E-state index in [4.69, 9.17) is 4.74 Å². The van der Waals surface area contributed by atoms with E-state index in [-0.39, 0.29) is 17.9 Å². The van der Waals surface area contributed by atoms with Crippen LogP contribution in [0.4, 0.5) is 0 Å². The summed E-state index contributed by atoms with van der Waals surface area (Å²) in [7, 11) is 1.45. The minimum atomic E-state index is -1.01. The van der Waals surface area contributed by atoms with Gasteiger partial charge in [0.1, 0.15) is 11.5 Å². The molecular weight excluding hydrogens is 238 g/mol. The lowest BCUT2D eigenvalue weighted by molar-refractivity contribution is -0.151. The van der Waals surface area contributed by atoms with E-state index < -0.39 is 11.8 Å². The van der Waals surface area contributed by atoms with Gasteiger partial charge in [-0.3, -0.25) is 9.78 Å². The second-order valence-corrected chi connectivity index (χ2v) is 3.23.